The fourth-order valence-corrected chi connectivity index (χ4v) is 2.73. The lowest BCUT2D eigenvalue weighted by atomic mass is 9.67. The van der Waals surface area contributed by atoms with Gasteiger partial charge in [-0.3, -0.25) is 0 Å². The van der Waals surface area contributed by atoms with Crippen LogP contribution in [0.15, 0.2) is 12.1 Å². The predicted molar refractivity (Wildman–Crippen MR) is 63.7 cm³/mol. The maximum Gasteiger partial charge on any atom is 0.165 e. The van der Waals surface area contributed by atoms with Crippen LogP contribution in [-0.2, 0) is 10.2 Å². The van der Waals surface area contributed by atoms with Crippen molar-refractivity contribution in [3.63, 3.8) is 0 Å². The molecule has 2 nitrogen and oxygen atoms in total. The van der Waals surface area contributed by atoms with E-state index in [1.165, 1.54) is 0 Å². The van der Waals surface area contributed by atoms with Crippen molar-refractivity contribution in [3.05, 3.63) is 29.3 Å². The molecule has 1 heterocycles. The highest BCUT2D eigenvalue weighted by Gasteiger charge is 2.45. The Hall–Kier alpha value is -1.45. The zero-order chi connectivity index (χ0) is 13.3. The molecule has 0 saturated carbocycles. The van der Waals surface area contributed by atoms with Crippen molar-refractivity contribution in [3.8, 4) is 5.75 Å². The van der Waals surface area contributed by atoms with Gasteiger partial charge in [-0.25, -0.2) is 8.78 Å². The quantitative estimate of drug-likeness (QED) is 0.774. The summed E-state index contributed by atoms with van der Waals surface area (Å²) in [5.74, 6) is -1.45. The van der Waals surface area contributed by atoms with E-state index < -0.39 is 17.0 Å². The van der Waals surface area contributed by atoms with Crippen molar-refractivity contribution in [1.82, 2.24) is 0 Å². The molecule has 0 N–H and O–H groups in total. The van der Waals surface area contributed by atoms with Crippen molar-refractivity contribution in [1.29, 1.82) is 0 Å². The maximum absolute atomic E-state index is 14.0. The van der Waals surface area contributed by atoms with Gasteiger partial charge in [0.2, 0.25) is 0 Å². The summed E-state index contributed by atoms with van der Waals surface area (Å²) < 4.78 is 33.0. The Morgan fingerprint density at radius 1 is 1.44 bits per heavy atom. The molecule has 0 saturated heterocycles. The van der Waals surface area contributed by atoms with Crippen LogP contribution in [0.1, 0.15) is 32.3 Å². The lowest BCUT2D eigenvalue weighted by Gasteiger charge is -2.39. The summed E-state index contributed by atoms with van der Waals surface area (Å²) in [5.41, 5.74) is -0.896. The van der Waals surface area contributed by atoms with Crippen molar-refractivity contribution < 1.29 is 18.3 Å². The number of carbonyl (C=O) groups excluding carboxylic acids is 1. The van der Waals surface area contributed by atoms with Gasteiger partial charge in [0.1, 0.15) is 12.1 Å². The number of rotatable bonds is 3. The summed E-state index contributed by atoms with van der Waals surface area (Å²) in [7, 11) is 0. The molecule has 0 spiro atoms. The molecule has 0 radical (unpaired) electrons. The van der Waals surface area contributed by atoms with Gasteiger partial charge in [0.05, 0.1) is 12.0 Å². The second kappa shape index (κ2) is 4.67. The normalized spacial score (nSPS) is 26.3. The van der Waals surface area contributed by atoms with Crippen LogP contribution in [0.2, 0.25) is 0 Å². The van der Waals surface area contributed by atoms with Crippen LogP contribution in [0, 0.1) is 17.6 Å². The monoisotopic (exact) mass is 254 g/mol. The van der Waals surface area contributed by atoms with Crippen molar-refractivity contribution in [2.45, 2.75) is 32.1 Å². The van der Waals surface area contributed by atoms with Gasteiger partial charge >= 0.3 is 0 Å². The molecule has 2 unspecified atom stereocenters. The molecule has 1 aliphatic rings. The van der Waals surface area contributed by atoms with E-state index >= 15 is 0 Å². The molecule has 1 aliphatic heterocycles. The van der Waals surface area contributed by atoms with Crippen LogP contribution < -0.4 is 4.74 Å². The third kappa shape index (κ3) is 1.71. The Kier molecular flexibility index (Phi) is 3.37. The number of benzene rings is 1. The van der Waals surface area contributed by atoms with Crippen LogP contribution >= 0.6 is 0 Å². The maximum atomic E-state index is 14.0. The lowest BCUT2D eigenvalue weighted by molar-refractivity contribution is -0.116. The molecule has 0 fully saturated rings. The van der Waals surface area contributed by atoms with Gasteiger partial charge in [-0.05, 0) is 18.6 Å². The molecule has 18 heavy (non-hydrogen) atoms. The molecule has 1 aromatic carbocycles. The summed E-state index contributed by atoms with van der Waals surface area (Å²) >= 11 is 0. The molecule has 0 bridgehead atoms. The Labute approximate surface area is 105 Å². The van der Waals surface area contributed by atoms with Crippen molar-refractivity contribution >= 4 is 6.29 Å². The molecule has 0 aliphatic carbocycles. The molecular weight excluding hydrogens is 238 g/mol. The summed E-state index contributed by atoms with van der Waals surface area (Å²) in [5, 5.41) is 0. The summed E-state index contributed by atoms with van der Waals surface area (Å²) in [6, 6.07) is 2.09. The first kappa shape index (κ1) is 13.0. The molecule has 98 valence electrons. The minimum Gasteiger partial charge on any atom is -0.490 e. The van der Waals surface area contributed by atoms with Gasteiger partial charge in [0.25, 0.3) is 0 Å². The van der Waals surface area contributed by atoms with Gasteiger partial charge < -0.3 is 9.53 Å². The summed E-state index contributed by atoms with van der Waals surface area (Å²) in [6.45, 7) is 3.98. The first-order chi connectivity index (χ1) is 8.56. The number of fused-ring (bicyclic) bond motifs is 1. The Morgan fingerprint density at radius 2 is 2.11 bits per heavy atom. The van der Waals surface area contributed by atoms with Crippen LogP contribution in [0.25, 0.3) is 0 Å². The average Bonchev–Trinajstić information content (AvgIpc) is 2.36. The van der Waals surface area contributed by atoms with Crippen LogP contribution in [-0.4, -0.2) is 12.9 Å². The van der Waals surface area contributed by atoms with Crippen LogP contribution in [0.4, 0.5) is 8.78 Å². The van der Waals surface area contributed by atoms with Crippen LogP contribution in [0.3, 0.4) is 0 Å². The average molecular weight is 254 g/mol. The molecular formula is C14H16F2O2. The SMILES string of the molecule is CCCC1(C=O)c2c(F)ccc(F)c2OCC1C. The van der Waals surface area contributed by atoms with Crippen molar-refractivity contribution in [2.75, 3.05) is 6.61 Å². The third-order valence-corrected chi connectivity index (χ3v) is 3.76. The highest BCUT2D eigenvalue weighted by atomic mass is 19.1. The summed E-state index contributed by atoms with van der Waals surface area (Å²) in [4.78, 5) is 11.6. The van der Waals surface area contributed by atoms with Gasteiger partial charge in [-0.1, -0.05) is 20.3 Å². The van der Waals surface area contributed by atoms with E-state index in [9.17, 15) is 13.6 Å². The lowest BCUT2D eigenvalue weighted by Crippen LogP contribution is -2.43. The van der Waals surface area contributed by atoms with E-state index in [1.807, 2.05) is 13.8 Å². The third-order valence-electron chi connectivity index (χ3n) is 3.76. The largest absolute Gasteiger partial charge is 0.490 e. The molecule has 0 amide bonds. The zero-order valence-corrected chi connectivity index (χ0v) is 10.5. The smallest absolute Gasteiger partial charge is 0.165 e. The molecule has 2 rings (SSSR count). The van der Waals surface area contributed by atoms with Gasteiger partial charge in [-0.15, -0.1) is 0 Å². The number of aldehydes is 1. The van der Waals surface area contributed by atoms with E-state index in [0.29, 0.717) is 6.42 Å². The topological polar surface area (TPSA) is 26.3 Å². The van der Waals surface area contributed by atoms with Gasteiger partial charge in [0, 0.05) is 11.5 Å². The number of hydrogen-bond donors (Lipinski definition) is 0. The Morgan fingerprint density at radius 3 is 2.72 bits per heavy atom. The molecule has 2 atom stereocenters. The molecule has 1 aromatic rings. The predicted octanol–water partition coefficient (Wildman–Crippen LogP) is 3.23. The first-order valence-corrected chi connectivity index (χ1v) is 6.14. The Balaban J connectivity index is 2.69. The number of hydrogen-bond acceptors (Lipinski definition) is 2. The fraction of sp³-hybridized carbons (Fsp3) is 0.500. The van der Waals surface area contributed by atoms with Gasteiger partial charge in [-0.2, -0.15) is 0 Å². The second-order valence-corrected chi connectivity index (χ2v) is 4.85. The van der Waals surface area contributed by atoms with E-state index in [2.05, 4.69) is 0 Å². The first-order valence-electron chi connectivity index (χ1n) is 6.14. The molecule has 0 aromatic heterocycles. The standard InChI is InChI=1S/C14H16F2O2/c1-3-6-14(8-17)9(2)7-18-13-11(16)5-4-10(15)12(13)14/h4-5,8-9H,3,6-7H2,1-2H3. The van der Waals surface area contributed by atoms with E-state index in [0.717, 1.165) is 24.8 Å². The molecule has 4 heteroatoms. The number of carbonyl (C=O) groups is 1. The van der Waals surface area contributed by atoms with E-state index in [1.54, 1.807) is 0 Å². The summed E-state index contributed by atoms with van der Waals surface area (Å²) in [6.07, 6.45) is 1.97. The van der Waals surface area contributed by atoms with Crippen molar-refractivity contribution in [2.24, 2.45) is 5.92 Å². The number of halogens is 2. The minimum absolute atomic E-state index is 0.0816. The zero-order valence-electron chi connectivity index (χ0n) is 10.5. The highest BCUT2D eigenvalue weighted by molar-refractivity contribution is 5.72. The highest BCUT2D eigenvalue weighted by Crippen LogP contribution is 2.46. The van der Waals surface area contributed by atoms with Gasteiger partial charge in [0.15, 0.2) is 11.6 Å². The number of ether oxygens (including phenoxy) is 1. The fourth-order valence-electron chi connectivity index (χ4n) is 2.73. The Bertz CT molecular complexity index is 473. The van der Waals surface area contributed by atoms with E-state index in [-0.39, 0.29) is 23.8 Å². The van der Waals surface area contributed by atoms with Crippen LogP contribution in [0.5, 0.6) is 5.75 Å². The second-order valence-electron chi connectivity index (χ2n) is 4.85. The van der Waals surface area contributed by atoms with E-state index in [4.69, 9.17) is 4.74 Å². The minimum atomic E-state index is -0.978.